The molecule has 0 saturated carbocycles. The maximum absolute atomic E-state index is 11.7. The number of phenolic OH excluding ortho intramolecular Hbond substituents is 1. The molecule has 0 amide bonds. The minimum absolute atomic E-state index is 0.136. The summed E-state index contributed by atoms with van der Waals surface area (Å²) in [7, 11) is 3.69. The maximum Gasteiger partial charge on any atom is 0.186 e. The van der Waals surface area contributed by atoms with Crippen LogP contribution in [0.1, 0.15) is 0 Å². The molecular weight excluding hydrogens is 322 g/mol. The highest BCUT2D eigenvalue weighted by Crippen LogP contribution is 2.40. The average molecular weight is 335 g/mol. The van der Waals surface area contributed by atoms with Crippen molar-refractivity contribution in [3.63, 3.8) is 0 Å². The SMILES string of the molecule is Cn1cc(-c2c3c[nH]n(C)c3nc3c2oc2cc(=O)cc(O)c23)cn1. The van der Waals surface area contributed by atoms with Gasteiger partial charge in [0.2, 0.25) is 0 Å². The Morgan fingerprint density at radius 1 is 1.28 bits per heavy atom. The number of aryl methyl sites for hydroxylation is 2. The van der Waals surface area contributed by atoms with Crippen LogP contribution in [0.3, 0.4) is 0 Å². The van der Waals surface area contributed by atoms with E-state index in [4.69, 9.17) is 4.42 Å². The van der Waals surface area contributed by atoms with Crippen LogP contribution in [-0.4, -0.2) is 29.7 Å². The van der Waals surface area contributed by atoms with E-state index >= 15 is 0 Å². The lowest BCUT2D eigenvalue weighted by atomic mass is 10.1. The molecule has 5 aromatic rings. The van der Waals surface area contributed by atoms with Gasteiger partial charge in [-0.05, 0) is 0 Å². The summed E-state index contributed by atoms with van der Waals surface area (Å²) in [6.45, 7) is 0. The van der Waals surface area contributed by atoms with Crippen molar-refractivity contribution in [2.45, 2.75) is 0 Å². The van der Waals surface area contributed by atoms with Gasteiger partial charge in [0.05, 0.1) is 11.6 Å². The fourth-order valence-corrected chi connectivity index (χ4v) is 3.29. The molecule has 25 heavy (non-hydrogen) atoms. The molecule has 8 nitrogen and oxygen atoms in total. The molecule has 0 radical (unpaired) electrons. The van der Waals surface area contributed by atoms with Crippen molar-refractivity contribution in [2.75, 3.05) is 0 Å². The molecule has 2 N–H and O–H groups in total. The third-order valence-corrected chi connectivity index (χ3v) is 4.39. The fraction of sp³-hybridized carbons (Fsp3) is 0.118. The van der Waals surface area contributed by atoms with Gasteiger partial charge in [0.1, 0.15) is 16.8 Å². The number of hydrogen-bond acceptors (Lipinski definition) is 5. The van der Waals surface area contributed by atoms with Crippen LogP contribution in [0.25, 0.3) is 44.2 Å². The third-order valence-electron chi connectivity index (χ3n) is 4.39. The zero-order chi connectivity index (χ0) is 17.3. The molecule has 4 aromatic heterocycles. The highest BCUT2D eigenvalue weighted by atomic mass is 16.3. The maximum atomic E-state index is 11.7. The van der Waals surface area contributed by atoms with Crippen molar-refractivity contribution in [1.29, 1.82) is 0 Å². The number of benzene rings is 1. The van der Waals surface area contributed by atoms with Gasteiger partial charge in [-0.3, -0.25) is 14.2 Å². The van der Waals surface area contributed by atoms with Crippen LogP contribution in [0, 0.1) is 0 Å². The quantitative estimate of drug-likeness (QED) is 0.489. The van der Waals surface area contributed by atoms with Crippen LogP contribution in [-0.2, 0) is 14.1 Å². The summed E-state index contributed by atoms with van der Waals surface area (Å²) in [5, 5.41) is 18.9. The van der Waals surface area contributed by atoms with Gasteiger partial charge in [0.15, 0.2) is 16.7 Å². The Kier molecular flexibility index (Phi) is 2.49. The van der Waals surface area contributed by atoms with E-state index < -0.39 is 0 Å². The second kappa shape index (κ2) is 4.50. The number of nitrogens with one attached hydrogen (secondary N) is 1. The van der Waals surface area contributed by atoms with E-state index in [0.29, 0.717) is 27.7 Å². The lowest BCUT2D eigenvalue weighted by molar-refractivity contribution is 0.481. The Hall–Kier alpha value is -3.55. The molecule has 0 aliphatic rings. The summed E-state index contributed by atoms with van der Waals surface area (Å²) >= 11 is 0. The molecular formula is C17H13N5O3. The summed E-state index contributed by atoms with van der Waals surface area (Å²) in [6, 6.07) is 2.53. The predicted molar refractivity (Wildman–Crippen MR) is 92.5 cm³/mol. The number of furan rings is 1. The van der Waals surface area contributed by atoms with E-state index in [1.165, 1.54) is 12.1 Å². The number of pyridine rings is 1. The van der Waals surface area contributed by atoms with E-state index in [-0.39, 0.29) is 11.2 Å². The van der Waals surface area contributed by atoms with E-state index in [1.54, 1.807) is 15.6 Å². The van der Waals surface area contributed by atoms with Crippen molar-refractivity contribution in [1.82, 2.24) is 24.5 Å². The van der Waals surface area contributed by atoms with Crippen LogP contribution >= 0.6 is 0 Å². The van der Waals surface area contributed by atoms with Gasteiger partial charge in [-0.2, -0.15) is 5.10 Å². The Bertz CT molecular complexity index is 1350. The van der Waals surface area contributed by atoms with Crippen LogP contribution in [0.2, 0.25) is 0 Å². The molecule has 124 valence electrons. The minimum atomic E-state index is -0.315. The standard InChI is InChI=1S/C17H13N5O3/c1-21-7-8(5-18-21)13-10-6-19-22(2)17(10)20-15-14-11(24)3-9(23)4-12(14)25-16(13)15/h3-7,19,24H,1-2H3. The number of nitrogens with zero attached hydrogens (tertiary/aromatic N) is 4. The van der Waals surface area contributed by atoms with Crippen molar-refractivity contribution >= 4 is 33.1 Å². The van der Waals surface area contributed by atoms with E-state index in [1.807, 2.05) is 26.5 Å². The van der Waals surface area contributed by atoms with Gasteiger partial charge in [-0.25, -0.2) is 4.98 Å². The number of fused-ring (bicyclic) bond motifs is 4. The van der Waals surface area contributed by atoms with Crippen molar-refractivity contribution in [2.24, 2.45) is 14.1 Å². The number of H-pyrrole nitrogens is 1. The summed E-state index contributed by atoms with van der Waals surface area (Å²) in [4.78, 5) is 16.4. The van der Waals surface area contributed by atoms with Crippen LogP contribution in [0.5, 0.6) is 5.75 Å². The van der Waals surface area contributed by atoms with Crippen molar-refractivity contribution < 1.29 is 9.52 Å². The van der Waals surface area contributed by atoms with Gasteiger partial charge in [0, 0.05) is 55.1 Å². The molecule has 0 spiro atoms. The highest BCUT2D eigenvalue weighted by Gasteiger charge is 2.22. The molecule has 0 aliphatic heterocycles. The van der Waals surface area contributed by atoms with Crippen LogP contribution < -0.4 is 5.43 Å². The summed E-state index contributed by atoms with van der Waals surface area (Å²) in [5.41, 5.74) is 3.40. The first-order chi connectivity index (χ1) is 12.0. The van der Waals surface area contributed by atoms with Crippen LogP contribution in [0.15, 0.2) is 39.9 Å². The number of aromatic hydroxyl groups is 1. The fourth-order valence-electron chi connectivity index (χ4n) is 3.29. The number of aromatic amines is 1. The average Bonchev–Trinajstić information content (AvgIpc) is 3.23. The van der Waals surface area contributed by atoms with Gasteiger partial charge in [0.25, 0.3) is 0 Å². The third kappa shape index (κ3) is 1.78. The van der Waals surface area contributed by atoms with Crippen LogP contribution in [0.4, 0.5) is 0 Å². The second-order valence-electron chi connectivity index (χ2n) is 6.05. The molecule has 4 heterocycles. The van der Waals surface area contributed by atoms with E-state index in [2.05, 4.69) is 15.2 Å². The number of phenols is 1. The summed E-state index contributed by atoms with van der Waals surface area (Å²) in [5.74, 6) is -0.136. The Morgan fingerprint density at radius 2 is 2.12 bits per heavy atom. The summed E-state index contributed by atoms with van der Waals surface area (Å²) in [6.07, 6.45) is 5.47. The molecule has 0 aliphatic carbocycles. The monoisotopic (exact) mass is 335 g/mol. The largest absolute Gasteiger partial charge is 0.507 e. The molecule has 5 rings (SSSR count). The molecule has 0 fully saturated rings. The Morgan fingerprint density at radius 3 is 2.88 bits per heavy atom. The normalized spacial score (nSPS) is 11.9. The lowest BCUT2D eigenvalue weighted by Crippen LogP contribution is -1.94. The second-order valence-corrected chi connectivity index (χ2v) is 6.05. The van der Waals surface area contributed by atoms with Crippen molar-refractivity contribution in [3.8, 4) is 16.9 Å². The molecule has 0 unspecified atom stereocenters. The van der Waals surface area contributed by atoms with E-state index in [0.717, 1.165) is 16.5 Å². The summed E-state index contributed by atoms with van der Waals surface area (Å²) < 4.78 is 9.43. The number of hydrogen-bond donors (Lipinski definition) is 2. The van der Waals surface area contributed by atoms with Gasteiger partial charge >= 0.3 is 0 Å². The molecule has 8 heteroatoms. The topological polar surface area (TPSA) is 102 Å². The first kappa shape index (κ1) is 13.8. The smallest absolute Gasteiger partial charge is 0.186 e. The highest BCUT2D eigenvalue weighted by molar-refractivity contribution is 6.15. The minimum Gasteiger partial charge on any atom is -0.507 e. The molecule has 1 aromatic carbocycles. The number of rotatable bonds is 1. The Labute approximate surface area is 139 Å². The zero-order valence-corrected chi connectivity index (χ0v) is 13.4. The van der Waals surface area contributed by atoms with Gasteiger partial charge in [-0.1, -0.05) is 0 Å². The molecule has 0 bridgehead atoms. The first-order valence-electron chi connectivity index (χ1n) is 7.65. The molecule has 0 atom stereocenters. The number of aromatic nitrogens is 5. The Balaban J connectivity index is 2.07. The van der Waals surface area contributed by atoms with Gasteiger partial charge in [-0.15, -0.1) is 0 Å². The predicted octanol–water partition coefficient (Wildman–Crippen LogP) is 2.27. The zero-order valence-electron chi connectivity index (χ0n) is 13.4. The van der Waals surface area contributed by atoms with Gasteiger partial charge < -0.3 is 14.6 Å². The first-order valence-corrected chi connectivity index (χ1v) is 7.65. The lowest BCUT2D eigenvalue weighted by Gasteiger charge is -2.02. The van der Waals surface area contributed by atoms with E-state index in [9.17, 15) is 9.90 Å². The van der Waals surface area contributed by atoms with Crippen molar-refractivity contribution in [3.05, 3.63) is 40.9 Å². The molecule has 0 saturated heterocycles.